The lowest BCUT2D eigenvalue weighted by Crippen LogP contribution is -2.39. The minimum absolute atomic E-state index is 0.142. The van der Waals surface area contributed by atoms with E-state index < -0.39 is 5.97 Å². The van der Waals surface area contributed by atoms with E-state index in [0.717, 1.165) is 19.4 Å². The molecule has 2 fully saturated rings. The second kappa shape index (κ2) is 4.72. The molecule has 1 N–H and O–H groups in total. The molecule has 1 aromatic heterocycles. The third kappa shape index (κ3) is 2.13. The number of likely N-dealkylation sites (tertiary alicyclic amines) is 1. The fraction of sp³-hybridized carbons (Fsp3) is 0.571. The Labute approximate surface area is 111 Å². The minimum atomic E-state index is -1.14. The number of fused-ring (bicyclic) bond motifs is 1. The first kappa shape index (κ1) is 12.3. The van der Waals surface area contributed by atoms with Crippen LogP contribution in [0.4, 0.5) is 0 Å². The molecule has 2 unspecified atom stereocenters. The maximum atomic E-state index is 12.4. The number of amides is 1. The smallest absolute Gasteiger partial charge is 0.371 e. The summed E-state index contributed by atoms with van der Waals surface area (Å²) in [5.74, 6) is -0.726. The van der Waals surface area contributed by atoms with Gasteiger partial charge in [-0.15, -0.1) is 0 Å². The third-order valence-corrected chi connectivity index (χ3v) is 4.30. The largest absolute Gasteiger partial charge is 0.475 e. The van der Waals surface area contributed by atoms with Crippen LogP contribution in [-0.2, 0) is 0 Å². The molecule has 1 saturated heterocycles. The highest BCUT2D eigenvalue weighted by atomic mass is 16.4. The molecule has 0 spiro atoms. The average molecular weight is 263 g/mol. The van der Waals surface area contributed by atoms with Gasteiger partial charge in [-0.2, -0.15) is 0 Å². The van der Waals surface area contributed by atoms with Gasteiger partial charge in [0.05, 0.1) is 0 Å². The monoisotopic (exact) mass is 263 g/mol. The second-order valence-electron chi connectivity index (χ2n) is 5.37. The van der Waals surface area contributed by atoms with E-state index in [-0.39, 0.29) is 17.4 Å². The number of carbonyl (C=O) groups is 2. The van der Waals surface area contributed by atoms with Crippen LogP contribution in [0.2, 0.25) is 0 Å². The topological polar surface area (TPSA) is 70.8 Å². The number of furan rings is 1. The van der Waals surface area contributed by atoms with Gasteiger partial charge in [-0.3, -0.25) is 4.79 Å². The zero-order valence-corrected chi connectivity index (χ0v) is 10.7. The van der Waals surface area contributed by atoms with E-state index in [1.165, 1.54) is 31.4 Å². The Kier molecular flexibility index (Phi) is 3.05. The van der Waals surface area contributed by atoms with Gasteiger partial charge >= 0.3 is 5.97 Å². The summed E-state index contributed by atoms with van der Waals surface area (Å²) in [4.78, 5) is 25.0. The molecule has 1 saturated carbocycles. The predicted molar refractivity (Wildman–Crippen MR) is 67.1 cm³/mol. The molecule has 0 radical (unpaired) electrons. The van der Waals surface area contributed by atoms with Crippen LogP contribution in [0.3, 0.4) is 0 Å². The summed E-state index contributed by atoms with van der Waals surface area (Å²) in [6, 6.07) is 3.12. The average Bonchev–Trinajstić information content (AvgIpc) is 3.05. The molecule has 102 valence electrons. The van der Waals surface area contributed by atoms with Crippen molar-refractivity contribution in [2.45, 2.75) is 38.1 Å². The maximum Gasteiger partial charge on any atom is 0.371 e. The van der Waals surface area contributed by atoms with Crippen LogP contribution in [0, 0.1) is 5.92 Å². The molecule has 1 aliphatic heterocycles. The highest BCUT2D eigenvalue weighted by Crippen LogP contribution is 2.36. The standard InChI is InChI=1S/C14H17NO4/c16-13(11-5-6-12(19-11)14(17)18)15-8-7-9-3-1-2-4-10(9)15/h5-6,9-10H,1-4,7-8H2,(H,17,18). The van der Waals surface area contributed by atoms with Crippen molar-refractivity contribution in [3.8, 4) is 0 Å². The minimum Gasteiger partial charge on any atom is -0.475 e. The molecule has 2 atom stereocenters. The number of carboxylic acids is 1. The third-order valence-electron chi connectivity index (χ3n) is 4.30. The van der Waals surface area contributed by atoms with Crippen molar-refractivity contribution in [2.24, 2.45) is 5.92 Å². The fourth-order valence-electron chi connectivity index (χ4n) is 3.37. The first-order valence-electron chi connectivity index (χ1n) is 6.81. The van der Waals surface area contributed by atoms with Gasteiger partial charge in [-0.25, -0.2) is 4.79 Å². The number of carboxylic acid groups (broad SMARTS) is 1. The van der Waals surface area contributed by atoms with Crippen molar-refractivity contribution in [1.29, 1.82) is 0 Å². The van der Waals surface area contributed by atoms with E-state index in [4.69, 9.17) is 9.52 Å². The van der Waals surface area contributed by atoms with E-state index in [0.29, 0.717) is 12.0 Å². The Hall–Kier alpha value is -1.78. The number of nitrogens with zero attached hydrogens (tertiary/aromatic N) is 1. The van der Waals surface area contributed by atoms with Gasteiger partial charge in [-0.1, -0.05) is 12.8 Å². The molecule has 2 aliphatic rings. The van der Waals surface area contributed by atoms with E-state index >= 15 is 0 Å². The van der Waals surface area contributed by atoms with E-state index in [9.17, 15) is 9.59 Å². The summed E-state index contributed by atoms with van der Waals surface area (Å²) >= 11 is 0. The first-order valence-corrected chi connectivity index (χ1v) is 6.81. The highest BCUT2D eigenvalue weighted by molar-refractivity contribution is 5.93. The molecular formula is C14H17NO4. The quantitative estimate of drug-likeness (QED) is 0.889. The second-order valence-corrected chi connectivity index (χ2v) is 5.37. The van der Waals surface area contributed by atoms with Gasteiger partial charge in [0.2, 0.25) is 5.76 Å². The molecule has 3 rings (SSSR count). The summed E-state index contributed by atoms with van der Waals surface area (Å²) in [6.45, 7) is 0.761. The molecule has 0 aromatic carbocycles. The molecule has 0 bridgehead atoms. The normalized spacial score (nSPS) is 26.2. The van der Waals surface area contributed by atoms with Crippen LogP contribution < -0.4 is 0 Å². The van der Waals surface area contributed by atoms with Gasteiger partial charge in [0.15, 0.2) is 5.76 Å². The molecule has 2 heterocycles. The lowest BCUT2D eigenvalue weighted by Gasteiger charge is -2.31. The Morgan fingerprint density at radius 3 is 2.63 bits per heavy atom. The van der Waals surface area contributed by atoms with Crippen molar-refractivity contribution in [2.75, 3.05) is 6.54 Å². The number of carbonyl (C=O) groups excluding carboxylic acids is 1. The van der Waals surface area contributed by atoms with Gasteiger partial charge in [0.25, 0.3) is 5.91 Å². The Morgan fingerprint density at radius 1 is 1.16 bits per heavy atom. The first-order chi connectivity index (χ1) is 9.16. The zero-order chi connectivity index (χ0) is 13.4. The van der Waals surface area contributed by atoms with Crippen molar-refractivity contribution < 1.29 is 19.1 Å². The van der Waals surface area contributed by atoms with E-state index in [1.54, 1.807) is 0 Å². The van der Waals surface area contributed by atoms with Crippen molar-refractivity contribution in [3.05, 3.63) is 23.7 Å². The summed E-state index contributed by atoms with van der Waals surface area (Å²) < 4.78 is 5.11. The SMILES string of the molecule is O=C(O)c1ccc(C(=O)N2CCC3CCCCC32)o1. The van der Waals surface area contributed by atoms with E-state index in [1.807, 2.05) is 4.90 Å². The number of aromatic carboxylic acids is 1. The van der Waals surface area contributed by atoms with Gasteiger partial charge in [0, 0.05) is 12.6 Å². The van der Waals surface area contributed by atoms with E-state index in [2.05, 4.69) is 0 Å². The van der Waals surface area contributed by atoms with Crippen LogP contribution in [0.15, 0.2) is 16.5 Å². The molecule has 1 aromatic rings. The predicted octanol–water partition coefficient (Wildman–Crippen LogP) is 2.38. The van der Waals surface area contributed by atoms with Gasteiger partial charge in [-0.05, 0) is 37.3 Å². The van der Waals surface area contributed by atoms with Crippen LogP contribution in [-0.4, -0.2) is 34.5 Å². The van der Waals surface area contributed by atoms with Gasteiger partial charge in [0.1, 0.15) is 0 Å². The van der Waals surface area contributed by atoms with Crippen molar-refractivity contribution >= 4 is 11.9 Å². The molecule has 5 nitrogen and oxygen atoms in total. The van der Waals surface area contributed by atoms with Crippen molar-refractivity contribution in [1.82, 2.24) is 4.90 Å². The number of hydrogen-bond acceptors (Lipinski definition) is 3. The summed E-state index contributed by atoms with van der Waals surface area (Å²) in [5, 5.41) is 8.81. The van der Waals surface area contributed by atoms with Crippen LogP contribution in [0.25, 0.3) is 0 Å². The molecule has 19 heavy (non-hydrogen) atoms. The molecular weight excluding hydrogens is 246 g/mol. The molecule has 1 amide bonds. The van der Waals surface area contributed by atoms with Crippen LogP contribution in [0.1, 0.15) is 53.2 Å². The molecule has 1 aliphatic carbocycles. The van der Waals surface area contributed by atoms with Crippen molar-refractivity contribution in [3.63, 3.8) is 0 Å². The summed E-state index contributed by atoms with van der Waals surface area (Å²) in [6.07, 6.45) is 5.75. The highest BCUT2D eigenvalue weighted by Gasteiger charge is 2.39. The maximum absolute atomic E-state index is 12.4. The van der Waals surface area contributed by atoms with Gasteiger partial charge < -0.3 is 14.4 Å². The fourth-order valence-corrected chi connectivity index (χ4v) is 3.37. The molecule has 5 heteroatoms. The Balaban J connectivity index is 1.77. The number of hydrogen-bond donors (Lipinski definition) is 1. The summed E-state index contributed by atoms with van der Waals surface area (Å²) in [5.41, 5.74) is 0. The lowest BCUT2D eigenvalue weighted by molar-refractivity contribution is 0.0629. The Bertz CT molecular complexity index is 507. The summed E-state index contributed by atoms with van der Waals surface area (Å²) in [7, 11) is 0. The van der Waals surface area contributed by atoms with Crippen LogP contribution >= 0.6 is 0 Å². The van der Waals surface area contributed by atoms with Crippen LogP contribution in [0.5, 0.6) is 0 Å². The lowest BCUT2D eigenvalue weighted by atomic mass is 9.85. The number of rotatable bonds is 2. The zero-order valence-electron chi connectivity index (χ0n) is 10.7. The Morgan fingerprint density at radius 2 is 1.89 bits per heavy atom.